The summed E-state index contributed by atoms with van der Waals surface area (Å²) in [4.78, 5) is 9.07. The Kier molecular flexibility index (Phi) is 5.75. The summed E-state index contributed by atoms with van der Waals surface area (Å²) < 4.78 is 7.97. The van der Waals surface area contributed by atoms with E-state index in [1.807, 2.05) is 4.57 Å². The first-order valence-electron chi connectivity index (χ1n) is 9.34. The second-order valence-electron chi connectivity index (χ2n) is 8.49. The Labute approximate surface area is 167 Å². The zero-order valence-electron chi connectivity index (χ0n) is 17.1. The fourth-order valence-electron chi connectivity index (χ4n) is 3.27. The van der Waals surface area contributed by atoms with Crippen molar-refractivity contribution in [3.63, 3.8) is 0 Å². The largest absolute Gasteiger partial charge is 0.361 e. The molecular weight excluding hydrogens is 374 g/mol. The maximum absolute atomic E-state index is 6.29. The molecule has 3 aromatic rings. The number of nitrogens with zero attached hydrogens (tertiary/aromatic N) is 3. The van der Waals surface area contributed by atoms with Gasteiger partial charge in [-0.3, -0.25) is 0 Å². The smallest absolute Gasteiger partial charge is 0.224 e. The highest BCUT2D eigenvalue weighted by atomic mass is 35.5. The molecular formula is C21H28ClN3OSi. The van der Waals surface area contributed by atoms with Crippen LogP contribution in [0, 0.1) is 20.8 Å². The van der Waals surface area contributed by atoms with Crippen molar-refractivity contribution in [1.29, 1.82) is 0 Å². The SMILES string of the molecule is Cc1ccc(-c2nc(Cl)nc3c2c(C)cn3COCC[Si](C)(C)C)c(C)c1. The van der Waals surface area contributed by atoms with Gasteiger partial charge in [0.1, 0.15) is 12.4 Å². The van der Waals surface area contributed by atoms with Crippen LogP contribution in [0.25, 0.3) is 22.3 Å². The van der Waals surface area contributed by atoms with Gasteiger partial charge < -0.3 is 9.30 Å². The van der Waals surface area contributed by atoms with Crippen LogP contribution in [0.2, 0.25) is 31.0 Å². The van der Waals surface area contributed by atoms with Gasteiger partial charge in [-0.2, -0.15) is 4.98 Å². The highest BCUT2D eigenvalue weighted by Crippen LogP contribution is 2.33. The first-order chi connectivity index (χ1) is 12.7. The van der Waals surface area contributed by atoms with Gasteiger partial charge in [-0.15, -0.1) is 0 Å². The molecule has 2 aromatic heterocycles. The summed E-state index contributed by atoms with van der Waals surface area (Å²) in [6.45, 7) is 14.6. The van der Waals surface area contributed by atoms with Crippen molar-refractivity contribution in [3.05, 3.63) is 46.4 Å². The van der Waals surface area contributed by atoms with E-state index in [-0.39, 0.29) is 5.28 Å². The molecule has 144 valence electrons. The standard InChI is InChI=1S/C21H28ClN3OSi/c1-14-7-8-17(15(2)11-14)19-18-16(3)12-25(20(18)24-21(22)23-19)13-26-9-10-27(4,5)6/h7-8,11-12H,9-10,13H2,1-6H3. The lowest BCUT2D eigenvalue weighted by Crippen LogP contribution is -2.22. The minimum absolute atomic E-state index is 0.263. The van der Waals surface area contributed by atoms with E-state index in [9.17, 15) is 0 Å². The van der Waals surface area contributed by atoms with Crippen LogP contribution < -0.4 is 0 Å². The Morgan fingerprint density at radius 2 is 1.81 bits per heavy atom. The lowest BCUT2D eigenvalue weighted by molar-refractivity contribution is 0.0898. The summed E-state index contributed by atoms with van der Waals surface area (Å²) in [6.07, 6.45) is 2.08. The van der Waals surface area contributed by atoms with Gasteiger partial charge in [-0.1, -0.05) is 43.4 Å². The lowest BCUT2D eigenvalue weighted by Gasteiger charge is -2.15. The molecule has 27 heavy (non-hydrogen) atoms. The topological polar surface area (TPSA) is 39.9 Å². The Morgan fingerprint density at radius 1 is 1.07 bits per heavy atom. The molecule has 0 fully saturated rings. The van der Waals surface area contributed by atoms with E-state index < -0.39 is 8.07 Å². The number of benzene rings is 1. The minimum Gasteiger partial charge on any atom is -0.361 e. The van der Waals surface area contributed by atoms with Gasteiger partial charge in [-0.05, 0) is 49.5 Å². The van der Waals surface area contributed by atoms with Crippen molar-refractivity contribution in [1.82, 2.24) is 14.5 Å². The number of rotatable bonds is 6. The van der Waals surface area contributed by atoms with Crippen LogP contribution in [0.15, 0.2) is 24.4 Å². The molecule has 2 heterocycles. The fourth-order valence-corrected chi connectivity index (χ4v) is 4.19. The monoisotopic (exact) mass is 401 g/mol. The van der Waals surface area contributed by atoms with Gasteiger partial charge in [-0.25, -0.2) is 4.98 Å². The van der Waals surface area contributed by atoms with Crippen LogP contribution >= 0.6 is 11.6 Å². The van der Waals surface area contributed by atoms with Crippen LogP contribution in [0.3, 0.4) is 0 Å². The van der Waals surface area contributed by atoms with E-state index in [2.05, 4.69) is 74.8 Å². The van der Waals surface area contributed by atoms with E-state index >= 15 is 0 Å². The Morgan fingerprint density at radius 3 is 2.48 bits per heavy atom. The molecule has 0 aliphatic heterocycles. The number of hydrogen-bond acceptors (Lipinski definition) is 3. The van der Waals surface area contributed by atoms with Crippen LogP contribution in [-0.4, -0.2) is 29.2 Å². The predicted molar refractivity (Wildman–Crippen MR) is 116 cm³/mol. The van der Waals surface area contributed by atoms with Crippen LogP contribution in [0.1, 0.15) is 16.7 Å². The molecule has 0 atom stereocenters. The van der Waals surface area contributed by atoms with Gasteiger partial charge >= 0.3 is 0 Å². The average Bonchev–Trinajstić information content (AvgIpc) is 2.86. The molecule has 4 nitrogen and oxygen atoms in total. The second-order valence-corrected chi connectivity index (χ2v) is 14.4. The normalized spacial score (nSPS) is 12.1. The third-order valence-corrected chi connectivity index (χ3v) is 6.62. The first-order valence-corrected chi connectivity index (χ1v) is 13.4. The van der Waals surface area contributed by atoms with E-state index in [4.69, 9.17) is 16.3 Å². The summed E-state index contributed by atoms with van der Waals surface area (Å²) in [5, 5.41) is 1.30. The summed E-state index contributed by atoms with van der Waals surface area (Å²) in [6, 6.07) is 7.54. The van der Waals surface area contributed by atoms with Crippen molar-refractivity contribution >= 4 is 30.7 Å². The fraction of sp³-hybridized carbons (Fsp3) is 0.429. The lowest BCUT2D eigenvalue weighted by atomic mass is 10.0. The molecule has 3 rings (SSSR count). The number of halogens is 1. The van der Waals surface area contributed by atoms with E-state index in [1.165, 1.54) is 11.1 Å². The molecule has 0 radical (unpaired) electrons. The van der Waals surface area contributed by atoms with Gasteiger partial charge in [0, 0.05) is 31.8 Å². The van der Waals surface area contributed by atoms with Gasteiger partial charge in [0.25, 0.3) is 0 Å². The molecule has 0 unspecified atom stereocenters. The van der Waals surface area contributed by atoms with E-state index in [0.717, 1.165) is 40.5 Å². The van der Waals surface area contributed by atoms with Crippen LogP contribution in [0.5, 0.6) is 0 Å². The van der Waals surface area contributed by atoms with Crippen molar-refractivity contribution in [2.45, 2.75) is 53.2 Å². The second kappa shape index (κ2) is 7.74. The number of aryl methyl sites for hydroxylation is 3. The zero-order valence-corrected chi connectivity index (χ0v) is 18.8. The summed E-state index contributed by atoms with van der Waals surface area (Å²) in [7, 11) is -1.10. The Bertz CT molecular complexity index is 976. The third kappa shape index (κ3) is 4.59. The van der Waals surface area contributed by atoms with E-state index in [0.29, 0.717) is 6.73 Å². The van der Waals surface area contributed by atoms with Crippen molar-refractivity contribution in [3.8, 4) is 11.3 Å². The molecule has 1 aromatic carbocycles. The van der Waals surface area contributed by atoms with Crippen molar-refractivity contribution in [2.75, 3.05) is 6.61 Å². The zero-order chi connectivity index (χ0) is 19.8. The maximum atomic E-state index is 6.29. The van der Waals surface area contributed by atoms with E-state index in [1.54, 1.807) is 0 Å². The van der Waals surface area contributed by atoms with Gasteiger partial charge in [0.05, 0.1) is 5.69 Å². The highest BCUT2D eigenvalue weighted by molar-refractivity contribution is 6.76. The summed E-state index contributed by atoms with van der Waals surface area (Å²) >= 11 is 6.29. The van der Waals surface area contributed by atoms with Crippen molar-refractivity contribution < 1.29 is 4.74 Å². The van der Waals surface area contributed by atoms with Gasteiger partial charge in [0.2, 0.25) is 5.28 Å². The quantitative estimate of drug-likeness (QED) is 0.289. The molecule has 6 heteroatoms. The predicted octanol–water partition coefficient (Wildman–Crippen LogP) is 5.99. The summed E-state index contributed by atoms with van der Waals surface area (Å²) in [5.41, 5.74) is 6.36. The molecule has 0 amide bonds. The number of ether oxygens (including phenoxy) is 1. The number of hydrogen-bond donors (Lipinski definition) is 0. The molecule has 0 N–H and O–H groups in total. The molecule has 0 bridgehead atoms. The summed E-state index contributed by atoms with van der Waals surface area (Å²) in [5.74, 6) is 0. The minimum atomic E-state index is -1.10. The maximum Gasteiger partial charge on any atom is 0.224 e. The van der Waals surface area contributed by atoms with Crippen LogP contribution in [0.4, 0.5) is 0 Å². The average molecular weight is 402 g/mol. The molecule has 0 aliphatic rings. The first kappa shape index (κ1) is 20.1. The molecule has 0 spiro atoms. The van der Waals surface area contributed by atoms with Crippen LogP contribution in [-0.2, 0) is 11.5 Å². The number of fused-ring (bicyclic) bond motifs is 1. The highest BCUT2D eigenvalue weighted by Gasteiger charge is 2.18. The number of aromatic nitrogens is 3. The van der Waals surface area contributed by atoms with Gasteiger partial charge in [0.15, 0.2) is 0 Å². The third-order valence-electron chi connectivity index (χ3n) is 4.74. The molecule has 0 saturated carbocycles. The van der Waals surface area contributed by atoms with Crippen molar-refractivity contribution in [2.24, 2.45) is 0 Å². The Balaban J connectivity index is 1.99. The Hall–Kier alpha value is -1.69. The molecule has 0 aliphatic carbocycles. The molecule has 0 saturated heterocycles.